The van der Waals surface area contributed by atoms with Gasteiger partial charge < -0.3 is 9.84 Å². The number of ether oxygens (including phenoxy) is 1. The van der Waals surface area contributed by atoms with Gasteiger partial charge in [0.1, 0.15) is 5.82 Å². The van der Waals surface area contributed by atoms with E-state index in [-0.39, 0.29) is 18.6 Å². The molecule has 1 saturated heterocycles. The Morgan fingerprint density at radius 3 is 2.61 bits per heavy atom. The van der Waals surface area contributed by atoms with Crippen LogP contribution in [-0.2, 0) is 10.9 Å². The molecule has 1 aromatic carbocycles. The van der Waals surface area contributed by atoms with Crippen molar-refractivity contribution in [2.75, 3.05) is 6.61 Å². The third-order valence-electron chi connectivity index (χ3n) is 2.94. The number of halogens is 4. The minimum Gasteiger partial charge on any atom is -0.393 e. The van der Waals surface area contributed by atoms with Gasteiger partial charge in [-0.2, -0.15) is 13.2 Å². The van der Waals surface area contributed by atoms with E-state index in [1.54, 1.807) is 0 Å². The summed E-state index contributed by atoms with van der Waals surface area (Å²) < 4.78 is 56.6. The molecule has 1 aromatic rings. The molecule has 2 rings (SSSR count). The van der Waals surface area contributed by atoms with Gasteiger partial charge in [-0.15, -0.1) is 0 Å². The summed E-state index contributed by atoms with van der Waals surface area (Å²) in [5.74, 6) is -1.32. The van der Waals surface area contributed by atoms with Crippen LogP contribution in [0.15, 0.2) is 18.2 Å². The quantitative estimate of drug-likeness (QED) is 0.790. The summed E-state index contributed by atoms with van der Waals surface area (Å²) in [5, 5.41) is 9.44. The zero-order valence-corrected chi connectivity index (χ0v) is 9.38. The summed E-state index contributed by atoms with van der Waals surface area (Å²) in [4.78, 5) is 0. The van der Waals surface area contributed by atoms with Crippen molar-refractivity contribution in [1.82, 2.24) is 0 Å². The van der Waals surface area contributed by atoms with Crippen LogP contribution in [-0.4, -0.2) is 17.8 Å². The highest BCUT2D eigenvalue weighted by Gasteiger charge is 2.36. The zero-order chi connectivity index (χ0) is 13.3. The Morgan fingerprint density at radius 1 is 1.28 bits per heavy atom. The van der Waals surface area contributed by atoms with E-state index in [1.807, 2.05) is 0 Å². The van der Waals surface area contributed by atoms with Gasteiger partial charge in [0.2, 0.25) is 0 Å². The van der Waals surface area contributed by atoms with Crippen LogP contribution in [0.2, 0.25) is 0 Å². The van der Waals surface area contributed by atoms with E-state index in [0.717, 1.165) is 6.07 Å². The Bertz CT molecular complexity index is 431. The van der Waals surface area contributed by atoms with E-state index in [9.17, 15) is 22.7 Å². The number of rotatable bonds is 1. The second kappa shape index (κ2) is 4.85. The molecule has 0 aliphatic carbocycles. The highest BCUT2D eigenvalue weighted by Crippen LogP contribution is 2.36. The van der Waals surface area contributed by atoms with E-state index in [0.29, 0.717) is 12.5 Å². The molecule has 1 fully saturated rings. The van der Waals surface area contributed by atoms with Crippen molar-refractivity contribution in [3.8, 4) is 0 Å². The molecule has 1 aliphatic rings. The smallest absolute Gasteiger partial charge is 0.393 e. The molecule has 0 radical (unpaired) electrons. The molecular formula is C12H12F4O2. The minimum atomic E-state index is -4.73. The van der Waals surface area contributed by atoms with Crippen LogP contribution in [0, 0.1) is 5.82 Å². The average molecular weight is 264 g/mol. The van der Waals surface area contributed by atoms with Gasteiger partial charge in [0.25, 0.3) is 0 Å². The molecular weight excluding hydrogens is 252 g/mol. The predicted molar refractivity (Wildman–Crippen MR) is 55.3 cm³/mol. The van der Waals surface area contributed by atoms with E-state index < -0.39 is 29.8 Å². The molecule has 6 heteroatoms. The Labute approximate surface area is 101 Å². The Morgan fingerprint density at radius 2 is 2.00 bits per heavy atom. The normalized spacial score (nSPS) is 25.2. The van der Waals surface area contributed by atoms with Crippen LogP contribution in [0.3, 0.4) is 0 Å². The van der Waals surface area contributed by atoms with Crippen LogP contribution >= 0.6 is 0 Å². The summed E-state index contributed by atoms with van der Waals surface area (Å²) in [5.41, 5.74) is -1.45. The van der Waals surface area contributed by atoms with Crippen LogP contribution in [0.1, 0.15) is 30.1 Å². The van der Waals surface area contributed by atoms with Gasteiger partial charge in [0, 0.05) is 18.6 Å². The molecule has 18 heavy (non-hydrogen) atoms. The van der Waals surface area contributed by atoms with Crippen molar-refractivity contribution < 1.29 is 27.4 Å². The van der Waals surface area contributed by atoms with Crippen molar-refractivity contribution in [2.24, 2.45) is 0 Å². The lowest BCUT2D eigenvalue weighted by Crippen LogP contribution is -2.24. The average Bonchev–Trinajstić information content (AvgIpc) is 2.27. The molecule has 0 aromatic heterocycles. The summed E-state index contributed by atoms with van der Waals surface area (Å²) in [6.07, 6.45) is -5.70. The highest BCUT2D eigenvalue weighted by molar-refractivity contribution is 5.30. The fraction of sp³-hybridized carbons (Fsp3) is 0.500. The van der Waals surface area contributed by atoms with Crippen molar-refractivity contribution in [1.29, 1.82) is 0 Å². The monoisotopic (exact) mass is 264 g/mol. The van der Waals surface area contributed by atoms with Crippen molar-refractivity contribution in [2.45, 2.75) is 31.2 Å². The number of aliphatic hydroxyl groups excluding tert-OH is 1. The number of hydrogen-bond acceptors (Lipinski definition) is 2. The molecule has 2 nitrogen and oxygen atoms in total. The van der Waals surface area contributed by atoms with Crippen LogP contribution in [0.25, 0.3) is 0 Å². The first kappa shape index (κ1) is 13.3. The first-order valence-electron chi connectivity index (χ1n) is 5.55. The summed E-state index contributed by atoms with van der Waals surface area (Å²) in [7, 11) is 0. The molecule has 100 valence electrons. The highest BCUT2D eigenvalue weighted by atomic mass is 19.4. The third-order valence-corrected chi connectivity index (χ3v) is 2.94. The molecule has 1 heterocycles. The number of alkyl halides is 3. The van der Waals surface area contributed by atoms with Gasteiger partial charge in [-0.05, 0) is 12.5 Å². The third kappa shape index (κ3) is 2.64. The molecule has 2 atom stereocenters. The van der Waals surface area contributed by atoms with E-state index in [4.69, 9.17) is 4.74 Å². The molecule has 2 unspecified atom stereocenters. The van der Waals surface area contributed by atoms with E-state index in [1.165, 1.54) is 6.07 Å². The molecule has 0 amide bonds. The first-order chi connectivity index (χ1) is 8.39. The maximum atomic E-state index is 13.8. The van der Waals surface area contributed by atoms with Gasteiger partial charge >= 0.3 is 6.18 Å². The van der Waals surface area contributed by atoms with Crippen molar-refractivity contribution in [3.05, 3.63) is 35.1 Å². The van der Waals surface area contributed by atoms with E-state index in [2.05, 4.69) is 0 Å². The zero-order valence-electron chi connectivity index (χ0n) is 9.38. The fourth-order valence-electron chi connectivity index (χ4n) is 2.01. The van der Waals surface area contributed by atoms with Gasteiger partial charge in [0.15, 0.2) is 0 Å². The van der Waals surface area contributed by atoms with Gasteiger partial charge in [-0.3, -0.25) is 0 Å². The number of hydrogen-bond donors (Lipinski definition) is 1. The van der Waals surface area contributed by atoms with Crippen molar-refractivity contribution >= 4 is 0 Å². The van der Waals surface area contributed by atoms with Crippen LogP contribution in [0.5, 0.6) is 0 Å². The lowest BCUT2D eigenvalue weighted by Gasteiger charge is -2.27. The number of aliphatic hydroxyl groups is 1. The Hall–Kier alpha value is -1.14. The van der Waals surface area contributed by atoms with E-state index >= 15 is 0 Å². The topological polar surface area (TPSA) is 29.5 Å². The van der Waals surface area contributed by atoms with Crippen LogP contribution in [0.4, 0.5) is 17.6 Å². The number of benzene rings is 1. The minimum absolute atomic E-state index is 0.109. The Balaban J connectivity index is 2.34. The standard InChI is InChI=1S/C12H12F4O2/c13-11-8(10-6-7(17)4-5-18-10)2-1-3-9(11)12(14,15)16/h1-3,7,10,17H,4-6H2. The molecule has 0 spiro atoms. The lowest BCUT2D eigenvalue weighted by molar-refractivity contribution is -0.140. The molecule has 1 aliphatic heterocycles. The second-order valence-corrected chi connectivity index (χ2v) is 4.24. The van der Waals surface area contributed by atoms with Crippen molar-refractivity contribution in [3.63, 3.8) is 0 Å². The maximum absolute atomic E-state index is 13.8. The second-order valence-electron chi connectivity index (χ2n) is 4.24. The summed E-state index contributed by atoms with van der Waals surface area (Å²) in [6.45, 7) is 0.210. The molecule has 0 saturated carbocycles. The SMILES string of the molecule is OC1CCOC(c2cccc(C(F)(F)F)c2F)C1. The summed E-state index contributed by atoms with van der Waals surface area (Å²) >= 11 is 0. The molecule has 0 bridgehead atoms. The lowest BCUT2D eigenvalue weighted by atomic mass is 9.97. The van der Waals surface area contributed by atoms with Gasteiger partial charge in [-0.25, -0.2) is 4.39 Å². The summed E-state index contributed by atoms with van der Waals surface area (Å²) in [6, 6.07) is 3.09. The van der Waals surface area contributed by atoms with Gasteiger partial charge in [0.05, 0.1) is 17.8 Å². The molecule has 1 N–H and O–H groups in total. The Kier molecular flexibility index (Phi) is 3.59. The largest absolute Gasteiger partial charge is 0.419 e. The van der Waals surface area contributed by atoms with Gasteiger partial charge in [-0.1, -0.05) is 12.1 Å². The maximum Gasteiger partial charge on any atom is 0.419 e. The van der Waals surface area contributed by atoms with Crippen LogP contribution < -0.4 is 0 Å². The first-order valence-corrected chi connectivity index (χ1v) is 5.55. The predicted octanol–water partition coefficient (Wildman–Crippen LogP) is 3.06. The fourth-order valence-corrected chi connectivity index (χ4v) is 2.01.